The molecule has 2 amide bonds. The third-order valence-electron chi connectivity index (χ3n) is 13.2. The molecule has 6 aliphatic heterocycles. The Morgan fingerprint density at radius 1 is 0.356 bits per heavy atom. The van der Waals surface area contributed by atoms with Crippen LogP contribution in [0.4, 0.5) is 0 Å². The summed E-state index contributed by atoms with van der Waals surface area (Å²) in [5.41, 5.74) is 0. The van der Waals surface area contributed by atoms with Gasteiger partial charge in [0.05, 0.1) is 39.6 Å². The maximum absolute atomic E-state index is 12.7. The van der Waals surface area contributed by atoms with E-state index in [9.17, 15) is 102 Å². The van der Waals surface area contributed by atoms with Gasteiger partial charge in [-0.15, -0.1) is 0 Å². The van der Waals surface area contributed by atoms with Crippen molar-refractivity contribution < 1.29 is 154 Å². The smallest absolute Gasteiger partial charge is 0.217 e. The van der Waals surface area contributed by atoms with Crippen LogP contribution in [0.15, 0.2) is 0 Å². The van der Waals surface area contributed by atoms with Crippen LogP contribution in [0.1, 0.15) is 13.8 Å². The van der Waals surface area contributed by atoms with Crippen LogP contribution >= 0.6 is 0 Å². The standard InChI is InChI=1S/C40H68N2O31/c1-9(48)41-17-23(54)31(70-38-28(59)24(55)19(50)11(3-43)66-38)15(7-47)68-36(17)63-8-16-22(53)34(30(61)40(69-16)71-32-14(6-46)64-35(62)27(58)26(32)57)73-37-18(42-10(2)49)33(21(52)13(5-45)65-37)72-39-29(60)25(56)20(51)12(4-44)67-39/h11-40,43-47,50-62H,3-8H2,1-2H3,(H,41,48)(H,42,49)/t11-,12-,13-,14-,15-,16-,17-,18-,19+,20+,21-,22+,23-,24+,25+,26-,27-,28-,29-,30-,31-,32-,33-,34+,35+,36-,37+,38+,39+,40+/m1/s1. The van der Waals surface area contributed by atoms with Gasteiger partial charge in [-0.2, -0.15) is 0 Å². The molecule has 0 aromatic heterocycles. The van der Waals surface area contributed by atoms with E-state index in [4.69, 9.17) is 52.1 Å². The summed E-state index contributed by atoms with van der Waals surface area (Å²) in [5, 5.41) is 196. The SMILES string of the molecule is CC(=O)N[C@H]1[C@H](OC[C@H]2O[C@@H](O[C@H]3[C@H](O)[C@@H](O)[C@@H](O)O[C@@H]3CO)[C@H](O)[C@@H](O[C@@H]3O[C@H](CO)[C@@H](O)[C@H](O[C@@H]4O[C@H](CO)[C@H](O)[C@H](O)[C@H]4O)[C@H]3NC(C)=O)[C@H]2O)O[C@H](CO)[C@@H](O[C@@H]2O[C@H](CO)[C@H](O)[C@H](O)[C@H]2O)[C@@H]1O. The Balaban J connectivity index is 1.30. The fourth-order valence-electron chi connectivity index (χ4n) is 9.22. The molecule has 0 saturated carbocycles. The van der Waals surface area contributed by atoms with Crippen molar-refractivity contribution in [3.63, 3.8) is 0 Å². The lowest BCUT2D eigenvalue weighted by Gasteiger charge is -2.50. The van der Waals surface area contributed by atoms with E-state index in [2.05, 4.69) is 10.6 Å². The number of hydrogen-bond donors (Lipinski definition) is 20. The van der Waals surface area contributed by atoms with Crippen LogP contribution < -0.4 is 10.6 Å². The highest BCUT2D eigenvalue weighted by Crippen LogP contribution is 2.36. The molecule has 0 spiro atoms. The van der Waals surface area contributed by atoms with Crippen LogP contribution in [-0.4, -0.2) is 327 Å². The van der Waals surface area contributed by atoms with Gasteiger partial charge < -0.3 is 155 Å². The summed E-state index contributed by atoms with van der Waals surface area (Å²) >= 11 is 0. The minimum absolute atomic E-state index is 0.811. The third kappa shape index (κ3) is 13.0. The first kappa shape index (κ1) is 60.0. The van der Waals surface area contributed by atoms with Gasteiger partial charge in [0.25, 0.3) is 0 Å². The summed E-state index contributed by atoms with van der Waals surface area (Å²) in [7, 11) is 0. The summed E-state index contributed by atoms with van der Waals surface area (Å²) in [6.45, 7) is -3.66. The number of amides is 2. The molecule has 6 aliphatic rings. The van der Waals surface area contributed by atoms with E-state index in [1.165, 1.54) is 0 Å². The lowest BCUT2D eigenvalue weighted by atomic mass is 9.94. The molecule has 6 saturated heterocycles. The zero-order valence-electron chi connectivity index (χ0n) is 38.9. The zero-order chi connectivity index (χ0) is 53.9. The monoisotopic (exact) mass is 1070 g/mol. The van der Waals surface area contributed by atoms with Gasteiger partial charge in [-0.1, -0.05) is 0 Å². The van der Waals surface area contributed by atoms with Crippen molar-refractivity contribution in [3.05, 3.63) is 0 Å². The van der Waals surface area contributed by atoms with E-state index in [0.717, 1.165) is 13.8 Å². The van der Waals surface area contributed by atoms with Gasteiger partial charge in [-0.05, 0) is 0 Å². The van der Waals surface area contributed by atoms with Crippen molar-refractivity contribution in [2.75, 3.05) is 39.6 Å². The molecule has 6 heterocycles. The lowest BCUT2D eigenvalue weighted by Crippen LogP contribution is -2.70. The van der Waals surface area contributed by atoms with Gasteiger partial charge in [0.15, 0.2) is 37.7 Å². The van der Waals surface area contributed by atoms with Crippen molar-refractivity contribution in [1.29, 1.82) is 0 Å². The van der Waals surface area contributed by atoms with E-state index < -0.39 is 236 Å². The predicted octanol–water partition coefficient (Wildman–Crippen LogP) is -13.8. The predicted molar refractivity (Wildman–Crippen MR) is 222 cm³/mol. The van der Waals surface area contributed by atoms with Gasteiger partial charge in [0.2, 0.25) is 11.8 Å². The Morgan fingerprint density at radius 3 is 1.25 bits per heavy atom. The van der Waals surface area contributed by atoms with Crippen molar-refractivity contribution in [3.8, 4) is 0 Å². The maximum Gasteiger partial charge on any atom is 0.217 e. The van der Waals surface area contributed by atoms with E-state index in [1.807, 2.05) is 0 Å². The quantitative estimate of drug-likeness (QED) is 0.0606. The molecule has 30 atom stereocenters. The van der Waals surface area contributed by atoms with Crippen molar-refractivity contribution in [2.45, 2.75) is 198 Å². The molecule has 33 nitrogen and oxygen atoms in total. The molecular weight excluding hydrogens is 1000 g/mol. The Labute approximate surface area is 413 Å². The Bertz CT molecular complexity index is 1740. The van der Waals surface area contributed by atoms with Gasteiger partial charge in [0.1, 0.15) is 146 Å². The second kappa shape index (κ2) is 26.0. The molecule has 33 heteroatoms. The summed E-state index contributed by atoms with van der Waals surface area (Å²) in [4.78, 5) is 25.2. The molecule has 0 unspecified atom stereocenters. The molecule has 0 bridgehead atoms. The minimum Gasteiger partial charge on any atom is -0.394 e. The van der Waals surface area contributed by atoms with Gasteiger partial charge in [-0.25, -0.2) is 0 Å². The van der Waals surface area contributed by atoms with Crippen LogP contribution in [0.3, 0.4) is 0 Å². The van der Waals surface area contributed by atoms with E-state index >= 15 is 0 Å². The van der Waals surface area contributed by atoms with Crippen molar-refractivity contribution in [2.24, 2.45) is 0 Å². The number of ether oxygens (including phenoxy) is 11. The van der Waals surface area contributed by atoms with Crippen molar-refractivity contribution >= 4 is 11.8 Å². The molecule has 6 fully saturated rings. The van der Waals surface area contributed by atoms with Crippen molar-refractivity contribution in [1.82, 2.24) is 10.6 Å². The van der Waals surface area contributed by atoms with Crippen LogP contribution in [-0.2, 0) is 61.7 Å². The van der Waals surface area contributed by atoms with E-state index in [1.54, 1.807) is 0 Å². The average Bonchev–Trinajstić information content (AvgIpc) is 3.35. The normalized spacial score (nSPS) is 49.8. The van der Waals surface area contributed by atoms with Gasteiger partial charge in [-0.3, -0.25) is 9.59 Å². The number of carbonyl (C=O) groups is 2. The first-order valence-corrected chi connectivity index (χ1v) is 23.1. The highest BCUT2D eigenvalue weighted by Gasteiger charge is 2.57. The average molecular weight is 1070 g/mol. The zero-order valence-corrected chi connectivity index (χ0v) is 38.9. The van der Waals surface area contributed by atoms with Crippen LogP contribution in [0.2, 0.25) is 0 Å². The van der Waals surface area contributed by atoms with Gasteiger partial charge in [0, 0.05) is 13.8 Å². The Morgan fingerprint density at radius 2 is 0.740 bits per heavy atom. The molecule has 0 aromatic rings. The lowest BCUT2D eigenvalue weighted by molar-refractivity contribution is -0.383. The Kier molecular flexibility index (Phi) is 21.3. The molecule has 20 N–H and O–H groups in total. The number of aliphatic hydroxyl groups excluding tert-OH is 18. The molecule has 0 radical (unpaired) electrons. The summed E-state index contributed by atoms with van der Waals surface area (Å²) in [5.74, 6) is -1.68. The summed E-state index contributed by atoms with van der Waals surface area (Å²) < 4.78 is 62.9. The van der Waals surface area contributed by atoms with Crippen LogP contribution in [0, 0.1) is 0 Å². The summed E-state index contributed by atoms with van der Waals surface area (Å²) in [6, 6.07) is -3.46. The fourth-order valence-corrected chi connectivity index (χ4v) is 9.22. The topological polar surface area (TPSA) is 524 Å². The molecular formula is C40H68N2O31. The third-order valence-corrected chi connectivity index (χ3v) is 13.2. The molecule has 0 aromatic carbocycles. The van der Waals surface area contributed by atoms with E-state index in [0.29, 0.717) is 0 Å². The highest BCUT2D eigenvalue weighted by molar-refractivity contribution is 5.73. The first-order valence-electron chi connectivity index (χ1n) is 23.1. The highest BCUT2D eigenvalue weighted by atomic mass is 16.8. The van der Waals surface area contributed by atoms with Gasteiger partial charge >= 0.3 is 0 Å². The minimum atomic E-state index is -2.27. The number of hydrogen-bond acceptors (Lipinski definition) is 31. The van der Waals surface area contributed by atoms with Crippen LogP contribution in [0.5, 0.6) is 0 Å². The second-order valence-electron chi connectivity index (χ2n) is 18.3. The molecule has 6 rings (SSSR count). The second-order valence-corrected chi connectivity index (χ2v) is 18.3. The first-order chi connectivity index (χ1) is 34.5. The largest absolute Gasteiger partial charge is 0.394 e. The van der Waals surface area contributed by atoms with Crippen LogP contribution in [0.25, 0.3) is 0 Å². The summed E-state index contributed by atoms with van der Waals surface area (Å²) in [6.07, 6.45) is -53.4. The Hall–Kier alpha value is -2.22. The number of aliphatic hydroxyl groups is 18. The maximum atomic E-state index is 12.7. The molecule has 0 aliphatic carbocycles. The van der Waals surface area contributed by atoms with E-state index in [-0.39, 0.29) is 0 Å². The molecule has 424 valence electrons. The number of carbonyl (C=O) groups excluding carboxylic acids is 2. The number of nitrogens with one attached hydrogen (secondary N) is 2. The molecule has 73 heavy (non-hydrogen) atoms. The fraction of sp³-hybridized carbons (Fsp3) is 0.950. The number of rotatable bonds is 18.